The number of hydrogen-bond donors (Lipinski definition) is 3. The maximum Gasteiger partial charge on any atom is 0.408 e. The predicted molar refractivity (Wildman–Crippen MR) is 224 cm³/mol. The number of aromatic nitrogens is 2. The van der Waals surface area contributed by atoms with Crippen LogP contribution >= 0.6 is 0 Å². The fraction of sp³-hybridized carbons (Fsp3) is 0.229. The summed E-state index contributed by atoms with van der Waals surface area (Å²) in [5.74, 6) is -2.65. The minimum Gasteiger partial charge on any atom is -0.480 e. The number of esters is 1. The molecule has 1 heterocycles. The Hall–Kier alpha value is -7.21. The molecule has 1 aromatic heterocycles. The van der Waals surface area contributed by atoms with Gasteiger partial charge in [-0.1, -0.05) is 140 Å². The molecule has 306 valence electrons. The SMILES string of the molecule is CC(C)(C)OC(=O)N[C@@H](COC(=O)[C@H](Cc1cn(C(c2ccccc2)(c2ccccc2)c2ccccc2)cn1)NC(=O)OCC1c2ccccc2-c2ccccc21)C(=O)O. The van der Waals surface area contributed by atoms with Crippen molar-refractivity contribution in [2.24, 2.45) is 0 Å². The van der Waals surface area contributed by atoms with E-state index in [1.54, 1.807) is 27.1 Å². The molecule has 0 spiro atoms. The Kier molecular flexibility index (Phi) is 12.1. The number of carboxylic acids is 1. The quantitative estimate of drug-likeness (QED) is 0.0570. The zero-order valence-electron chi connectivity index (χ0n) is 33.5. The Balaban J connectivity index is 1.17. The molecule has 0 bridgehead atoms. The van der Waals surface area contributed by atoms with E-state index in [1.807, 2.05) is 150 Å². The van der Waals surface area contributed by atoms with Crippen molar-refractivity contribution in [2.45, 2.75) is 56.3 Å². The molecule has 1 aliphatic rings. The van der Waals surface area contributed by atoms with Gasteiger partial charge in [0.25, 0.3) is 0 Å². The number of benzene rings is 5. The number of ether oxygens (including phenoxy) is 3. The van der Waals surface area contributed by atoms with E-state index in [9.17, 15) is 24.3 Å². The number of fused-ring (bicyclic) bond motifs is 3. The van der Waals surface area contributed by atoms with Crippen molar-refractivity contribution in [1.29, 1.82) is 0 Å². The fourth-order valence-electron chi connectivity index (χ4n) is 7.71. The van der Waals surface area contributed by atoms with Crippen LogP contribution in [-0.2, 0) is 35.8 Å². The maximum atomic E-state index is 13.9. The molecule has 12 heteroatoms. The number of amides is 2. The van der Waals surface area contributed by atoms with Crippen LogP contribution < -0.4 is 10.6 Å². The largest absolute Gasteiger partial charge is 0.480 e. The van der Waals surface area contributed by atoms with Gasteiger partial charge in [-0.15, -0.1) is 0 Å². The first-order valence-electron chi connectivity index (χ1n) is 19.6. The van der Waals surface area contributed by atoms with Gasteiger partial charge in [-0.2, -0.15) is 0 Å². The van der Waals surface area contributed by atoms with Crippen LogP contribution in [0.1, 0.15) is 60.2 Å². The molecule has 12 nitrogen and oxygen atoms in total. The van der Waals surface area contributed by atoms with Gasteiger partial charge in [0.05, 0.1) is 12.0 Å². The van der Waals surface area contributed by atoms with Crippen LogP contribution in [0.2, 0.25) is 0 Å². The van der Waals surface area contributed by atoms with Gasteiger partial charge < -0.3 is 34.5 Å². The number of nitrogens with one attached hydrogen (secondary N) is 2. The Labute approximate surface area is 348 Å². The average molecular weight is 807 g/mol. The first-order valence-corrected chi connectivity index (χ1v) is 19.6. The zero-order chi connectivity index (χ0) is 42.3. The first-order chi connectivity index (χ1) is 28.9. The smallest absolute Gasteiger partial charge is 0.408 e. The monoisotopic (exact) mass is 806 g/mol. The maximum absolute atomic E-state index is 13.9. The molecule has 1 aliphatic carbocycles. The van der Waals surface area contributed by atoms with E-state index in [0.717, 1.165) is 38.9 Å². The van der Waals surface area contributed by atoms with Crippen molar-refractivity contribution in [2.75, 3.05) is 13.2 Å². The van der Waals surface area contributed by atoms with Crippen molar-refractivity contribution >= 4 is 24.1 Å². The molecular weight excluding hydrogens is 761 g/mol. The van der Waals surface area contributed by atoms with Gasteiger partial charge in [0, 0.05) is 18.5 Å². The second kappa shape index (κ2) is 17.7. The molecule has 0 aliphatic heterocycles. The molecule has 60 heavy (non-hydrogen) atoms. The molecule has 2 amide bonds. The van der Waals surface area contributed by atoms with Crippen molar-refractivity contribution < 1.29 is 38.5 Å². The summed E-state index contributed by atoms with van der Waals surface area (Å²) >= 11 is 0. The number of carbonyl (C=O) groups excluding carboxylic acids is 3. The fourth-order valence-corrected chi connectivity index (χ4v) is 7.71. The number of nitrogens with zero attached hydrogens (tertiary/aromatic N) is 2. The molecule has 0 saturated heterocycles. The van der Waals surface area contributed by atoms with Crippen LogP contribution in [0, 0.1) is 0 Å². The molecule has 0 radical (unpaired) electrons. The number of imidazole rings is 1. The zero-order valence-corrected chi connectivity index (χ0v) is 33.5. The van der Waals surface area contributed by atoms with E-state index in [4.69, 9.17) is 19.2 Å². The average Bonchev–Trinajstić information content (AvgIpc) is 3.84. The number of rotatable bonds is 14. The van der Waals surface area contributed by atoms with Crippen LogP contribution in [0.5, 0.6) is 0 Å². The van der Waals surface area contributed by atoms with Gasteiger partial charge in [-0.25, -0.2) is 24.2 Å². The van der Waals surface area contributed by atoms with Crippen LogP contribution in [0.15, 0.2) is 152 Å². The Bertz CT molecular complexity index is 2300. The molecule has 6 aromatic rings. The molecule has 3 N–H and O–H groups in total. The first kappa shape index (κ1) is 41.0. The summed E-state index contributed by atoms with van der Waals surface area (Å²) in [4.78, 5) is 56.9. The van der Waals surface area contributed by atoms with Crippen molar-refractivity contribution in [3.63, 3.8) is 0 Å². The van der Waals surface area contributed by atoms with E-state index in [2.05, 4.69) is 10.6 Å². The third-order valence-electron chi connectivity index (χ3n) is 10.3. The van der Waals surface area contributed by atoms with E-state index in [1.165, 1.54) is 0 Å². The van der Waals surface area contributed by atoms with Gasteiger partial charge in [-0.05, 0) is 59.7 Å². The second-order valence-corrected chi connectivity index (χ2v) is 15.5. The summed E-state index contributed by atoms with van der Waals surface area (Å²) in [6, 6.07) is 42.8. The minimum atomic E-state index is -1.64. The molecule has 5 aromatic carbocycles. The number of carboxylic acid groups (broad SMARTS) is 1. The van der Waals surface area contributed by atoms with E-state index < -0.39 is 54.0 Å². The summed E-state index contributed by atoms with van der Waals surface area (Å²) < 4.78 is 18.5. The summed E-state index contributed by atoms with van der Waals surface area (Å²) in [5, 5.41) is 14.7. The van der Waals surface area contributed by atoms with Crippen molar-refractivity contribution in [3.8, 4) is 11.1 Å². The lowest BCUT2D eigenvalue weighted by Crippen LogP contribution is -2.48. The van der Waals surface area contributed by atoms with E-state index in [-0.39, 0.29) is 18.9 Å². The summed E-state index contributed by atoms with van der Waals surface area (Å²) in [6.07, 6.45) is 1.47. The molecular formula is C48H46N4O8. The molecule has 0 saturated carbocycles. The number of alkyl carbamates (subject to hydrolysis) is 2. The number of hydrogen-bond acceptors (Lipinski definition) is 8. The normalized spacial score (nSPS) is 13.2. The van der Waals surface area contributed by atoms with Gasteiger partial charge in [0.15, 0.2) is 6.04 Å². The summed E-state index contributed by atoms with van der Waals surface area (Å²) in [7, 11) is 0. The highest BCUT2D eigenvalue weighted by atomic mass is 16.6. The highest BCUT2D eigenvalue weighted by Gasteiger charge is 2.39. The Morgan fingerprint density at radius 3 is 1.65 bits per heavy atom. The second-order valence-electron chi connectivity index (χ2n) is 15.5. The topological polar surface area (TPSA) is 158 Å². The lowest BCUT2D eigenvalue weighted by molar-refractivity contribution is -0.150. The summed E-state index contributed by atoms with van der Waals surface area (Å²) in [5.41, 5.74) is 5.65. The minimum absolute atomic E-state index is 0.00903. The highest BCUT2D eigenvalue weighted by Crippen LogP contribution is 2.45. The molecule has 7 rings (SSSR count). The molecule has 2 atom stereocenters. The van der Waals surface area contributed by atoms with Crippen molar-refractivity contribution in [3.05, 3.63) is 186 Å². The molecule has 0 fully saturated rings. The van der Waals surface area contributed by atoms with Crippen molar-refractivity contribution in [1.82, 2.24) is 20.2 Å². The van der Waals surface area contributed by atoms with E-state index >= 15 is 0 Å². The standard InChI is InChI=1S/C48H46N4O8/c1-47(2,3)60-46(57)51-42(43(53)54)30-58-44(55)41(50-45(56)59-29-40-38-25-15-13-23-36(38)37-24-14-16-26-39(37)40)27-35-28-52(31-49-35)48(32-17-7-4-8-18-32,33-19-9-5-10-20-33)34-21-11-6-12-22-34/h4-26,28,31,40-42H,27,29-30H2,1-3H3,(H,50,56)(H,51,57)(H,53,54)/t41-,42-/m0/s1. The molecule has 0 unspecified atom stereocenters. The number of carbonyl (C=O) groups is 4. The lowest BCUT2D eigenvalue weighted by atomic mass is 9.77. The third-order valence-corrected chi connectivity index (χ3v) is 10.3. The Morgan fingerprint density at radius 1 is 0.667 bits per heavy atom. The highest BCUT2D eigenvalue weighted by molar-refractivity contribution is 5.84. The third kappa shape index (κ3) is 8.92. The van der Waals surface area contributed by atoms with Gasteiger partial charge in [0.2, 0.25) is 0 Å². The van der Waals surface area contributed by atoms with Crippen LogP contribution in [0.25, 0.3) is 11.1 Å². The van der Waals surface area contributed by atoms with Crippen LogP contribution in [0.4, 0.5) is 9.59 Å². The van der Waals surface area contributed by atoms with Gasteiger partial charge in [-0.3, -0.25) is 0 Å². The van der Waals surface area contributed by atoms with Gasteiger partial charge >= 0.3 is 24.1 Å². The Morgan fingerprint density at radius 2 is 1.15 bits per heavy atom. The van der Waals surface area contributed by atoms with E-state index in [0.29, 0.717) is 5.69 Å². The summed E-state index contributed by atoms with van der Waals surface area (Å²) in [6.45, 7) is 4.14. The predicted octanol–water partition coefficient (Wildman–Crippen LogP) is 7.69. The number of aliphatic carboxylic acids is 1. The van der Waals surface area contributed by atoms with Crippen LogP contribution in [0.3, 0.4) is 0 Å². The lowest BCUT2D eigenvalue weighted by Gasteiger charge is -2.37. The van der Waals surface area contributed by atoms with Crippen LogP contribution in [-0.4, -0.2) is 69.7 Å². The van der Waals surface area contributed by atoms with Gasteiger partial charge in [0.1, 0.15) is 30.4 Å².